The van der Waals surface area contributed by atoms with Crippen molar-refractivity contribution >= 4 is 11.6 Å². The summed E-state index contributed by atoms with van der Waals surface area (Å²) in [5.74, 6) is 1.25. The molecular weight excluding hydrogens is 236 g/mol. The van der Waals surface area contributed by atoms with Crippen molar-refractivity contribution in [2.45, 2.75) is 25.2 Å². The van der Waals surface area contributed by atoms with E-state index in [4.69, 9.17) is 11.6 Å². The van der Waals surface area contributed by atoms with Gasteiger partial charge in [0.25, 0.3) is 0 Å². The lowest BCUT2D eigenvalue weighted by atomic mass is 10.1. The molecule has 2 aromatic rings. The molecule has 0 amide bonds. The number of aromatic amines is 1. The van der Waals surface area contributed by atoms with E-state index in [9.17, 15) is 0 Å². The van der Waals surface area contributed by atoms with Crippen LogP contribution in [0.25, 0.3) is 11.4 Å². The Morgan fingerprint density at radius 3 is 2.88 bits per heavy atom. The topological polar surface area (TPSA) is 54.5 Å². The van der Waals surface area contributed by atoms with Crippen LogP contribution < -0.4 is 0 Å². The molecule has 1 saturated carbocycles. The van der Waals surface area contributed by atoms with Crippen molar-refractivity contribution in [3.8, 4) is 11.4 Å². The summed E-state index contributed by atoms with van der Waals surface area (Å²) in [7, 11) is 0. The molecule has 1 aliphatic rings. The van der Waals surface area contributed by atoms with Crippen LogP contribution in [-0.2, 0) is 6.42 Å². The number of nitrogens with one attached hydrogen (secondary N) is 1. The molecule has 0 unspecified atom stereocenters. The lowest BCUT2D eigenvalue weighted by Crippen LogP contribution is -1.94. The Morgan fingerprint density at radius 2 is 2.24 bits per heavy atom. The predicted molar refractivity (Wildman–Crippen MR) is 66.0 cm³/mol. The Hall–Kier alpha value is -1.42. The van der Waals surface area contributed by atoms with Crippen molar-refractivity contribution in [2.24, 2.45) is 0 Å². The molecule has 17 heavy (non-hydrogen) atoms. The van der Waals surface area contributed by atoms with Crippen molar-refractivity contribution in [1.29, 1.82) is 0 Å². The third-order valence-electron chi connectivity index (χ3n) is 3.04. The molecular formula is C12H13ClN4. The number of hydrogen-bond donors (Lipinski definition) is 1. The Kier molecular flexibility index (Phi) is 2.81. The summed E-state index contributed by atoms with van der Waals surface area (Å²) < 4.78 is 0. The summed E-state index contributed by atoms with van der Waals surface area (Å²) in [4.78, 5) is 8.38. The highest BCUT2D eigenvalue weighted by atomic mass is 35.5. The zero-order valence-electron chi connectivity index (χ0n) is 9.36. The SMILES string of the molecule is ClCCc1c(-c2cnccn2)n[nH]c1C1CC1. The molecule has 1 aliphatic carbocycles. The molecule has 2 heterocycles. The van der Waals surface area contributed by atoms with Crippen LogP contribution in [-0.4, -0.2) is 26.0 Å². The summed E-state index contributed by atoms with van der Waals surface area (Å²) in [5.41, 5.74) is 4.17. The van der Waals surface area contributed by atoms with Gasteiger partial charge in [-0.05, 0) is 19.3 Å². The van der Waals surface area contributed by atoms with E-state index in [1.165, 1.54) is 24.1 Å². The van der Waals surface area contributed by atoms with Gasteiger partial charge in [0, 0.05) is 35.4 Å². The van der Waals surface area contributed by atoms with E-state index in [1.54, 1.807) is 18.6 Å². The molecule has 0 aliphatic heterocycles. The first kappa shape index (κ1) is 10.7. The van der Waals surface area contributed by atoms with E-state index in [1.807, 2.05) is 0 Å². The quantitative estimate of drug-likeness (QED) is 0.846. The van der Waals surface area contributed by atoms with Crippen LogP contribution >= 0.6 is 11.6 Å². The maximum atomic E-state index is 5.87. The van der Waals surface area contributed by atoms with Crippen LogP contribution in [0.3, 0.4) is 0 Å². The first-order chi connectivity index (χ1) is 8.40. The molecule has 0 atom stereocenters. The molecule has 1 N–H and O–H groups in total. The van der Waals surface area contributed by atoms with E-state index in [-0.39, 0.29) is 0 Å². The van der Waals surface area contributed by atoms with E-state index in [2.05, 4.69) is 20.2 Å². The Labute approximate surface area is 104 Å². The van der Waals surface area contributed by atoms with Gasteiger partial charge in [0.2, 0.25) is 0 Å². The molecule has 0 aromatic carbocycles. The van der Waals surface area contributed by atoms with Crippen LogP contribution in [0.2, 0.25) is 0 Å². The first-order valence-corrected chi connectivity index (χ1v) is 6.33. The molecule has 0 spiro atoms. The van der Waals surface area contributed by atoms with Crippen LogP contribution in [0.1, 0.15) is 30.0 Å². The smallest absolute Gasteiger partial charge is 0.116 e. The number of aromatic nitrogens is 4. The number of rotatable bonds is 4. The zero-order chi connectivity index (χ0) is 11.7. The maximum Gasteiger partial charge on any atom is 0.116 e. The van der Waals surface area contributed by atoms with Gasteiger partial charge in [-0.3, -0.25) is 15.1 Å². The number of halogens is 1. The van der Waals surface area contributed by atoms with E-state index < -0.39 is 0 Å². The van der Waals surface area contributed by atoms with Crippen molar-refractivity contribution in [3.05, 3.63) is 29.8 Å². The highest BCUT2D eigenvalue weighted by Crippen LogP contribution is 2.42. The number of H-pyrrole nitrogens is 1. The van der Waals surface area contributed by atoms with Gasteiger partial charge in [-0.1, -0.05) is 0 Å². The number of nitrogens with zero attached hydrogens (tertiary/aromatic N) is 3. The predicted octanol–water partition coefficient (Wildman–Crippen LogP) is 2.53. The third kappa shape index (κ3) is 2.05. The lowest BCUT2D eigenvalue weighted by Gasteiger charge is -2.02. The summed E-state index contributed by atoms with van der Waals surface area (Å²) >= 11 is 5.87. The average molecular weight is 249 g/mol. The lowest BCUT2D eigenvalue weighted by molar-refractivity contribution is 0.947. The van der Waals surface area contributed by atoms with Crippen LogP contribution in [0.5, 0.6) is 0 Å². The second kappa shape index (κ2) is 4.45. The molecule has 2 aromatic heterocycles. The van der Waals surface area contributed by atoms with Gasteiger partial charge in [-0.2, -0.15) is 5.10 Å². The van der Waals surface area contributed by atoms with Crippen LogP contribution in [0, 0.1) is 0 Å². The molecule has 0 saturated heterocycles. The number of alkyl halides is 1. The Bertz CT molecular complexity index is 504. The van der Waals surface area contributed by atoms with Crippen LogP contribution in [0.15, 0.2) is 18.6 Å². The largest absolute Gasteiger partial charge is 0.281 e. The van der Waals surface area contributed by atoms with Gasteiger partial charge in [-0.25, -0.2) is 0 Å². The van der Waals surface area contributed by atoms with Gasteiger partial charge in [-0.15, -0.1) is 11.6 Å². The first-order valence-electron chi connectivity index (χ1n) is 5.79. The van der Waals surface area contributed by atoms with Gasteiger partial charge < -0.3 is 0 Å². The molecule has 0 radical (unpaired) electrons. The molecule has 3 rings (SSSR count). The second-order valence-corrected chi connectivity index (χ2v) is 4.65. The molecule has 0 bridgehead atoms. The Balaban J connectivity index is 2.04. The highest BCUT2D eigenvalue weighted by Gasteiger charge is 2.29. The molecule has 5 heteroatoms. The average Bonchev–Trinajstić information content (AvgIpc) is 3.13. The van der Waals surface area contributed by atoms with Crippen LogP contribution in [0.4, 0.5) is 0 Å². The minimum absolute atomic E-state index is 0.604. The van der Waals surface area contributed by atoms with Gasteiger partial charge in [0.1, 0.15) is 11.4 Å². The van der Waals surface area contributed by atoms with Crippen molar-refractivity contribution in [1.82, 2.24) is 20.2 Å². The molecule has 88 valence electrons. The monoisotopic (exact) mass is 248 g/mol. The summed E-state index contributed by atoms with van der Waals surface area (Å²) in [6.07, 6.45) is 8.42. The highest BCUT2D eigenvalue weighted by molar-refractivity contribution is 6.18. The van der Waals surface area contributed by atoms with E-state index in [0.29, 0.717) is 11.8 Å². The van der Waals surface area contributed by atoms with Gasteiger partial charge in [0.05, 0.1) is 6.20 Å². The Morgan fingerprint density at radius 1 is 1.35 bits per heavy atom. The fourth-order valence-corrected chi connectivity index (χ4v) is 2.26. The number of hydrogen-bond acceptors (Lipinski definition) is 3. The third-order valence-corrected chi connectivity index (χ3v) is 3.22. The summed E-state index contributed by atoms with van der Waals surface area (Å²) in [6, 6.07) is 0. The fraction of sp³-hybridized carbons (Fsp3) is 0.417. The zero-order valence-corrected chi connectivity index (χ0v) is 10.1. The van der Waals surface area contributed by atoms with E-state index in [0.717, 1.165) is 17.8 Å². The summed E-state index contributed by atoms with van der Waals surface area (Å²) in [6.45, 7) is 0. The fourth-order valence-electron chi connectivity index (χ4n) is 2.07. The second-order valence-electron chi connectivity index (χ2n) is 4.27. The van der Waals surface area contributed by atoms with Crippen molar-refractivity contribution in [2.75, 3.05) is 5.88 Å². The maximum absolute atomic E-state index is 5.87. The van der Waals surface area contributed by atoms with Crippen molar-refractivity contribution in [3.63, 3.8) is 0 Å². The normalized spacial score (nSPS) is 15.1. The van der Waals surface area contributed by atoms with Gasteiger partial charge >= 0.3 is 0 Å². The molecule has 1 fully saturated rings. The van der Waals surface area contributed by atoms with Gasteiger partial charge in [0.15, 0.2) is 0 Å². The van der Waals surface area contributed by atoms with E-state index >= 15 is 0 Å². The van der Waals surface area contributed by atoms with Crippen molar-refractivity contribution < 1.29 is 0 Å². The minimum Gasteiger partial charge on any atom is -0.281 e. The summed E-state index contributed by atoms with van der Waals surface area (Å²) in [5, 5.41) is 7.52. The standard InChI is InChI=1S/C12H13ClN4/c13-4-3-9-11(8-1-2-8)16-17-12(9)10-7-14-5-6-15-10/h5-8H,1-4H2,(H,16,17). The minimum atomic E-state index is 0.604. The molecule has 4 nitrogen and oxygen atoms in total.